The lowest BCUT2D eigenvalue weighted by molar-refractivity contribution is 0.558. The average Bonchev–Trinajstić information content (AvgIpc) is 2.28. The second kappa shape index (κ2) is 2.11. The minimum Gasteiger partial charge on any atom is -0.348 e. The van der Waals surface area contributed by atoms with E-state index in [1.54, 1.807) is 6.34 Å². The molecule has 2 rings (SSSR count). The van der Waals surface area contributed by atoms with Gasteiger partial charge in [-0.2, -0.15) is 0 Å². The molecule has 2 aliphatic rings. The third kappa shape index (κ3) is 0.979. The highest BCUT2D eigenvalue weighted by Crippen LogP contribution is 2.34. The Morgan fingerprint density at radius 2 is 2.45 bits per heavy atom. The van der Waals surface area contributed by atoms with Gasteiger partial charge in [0.05, 0.1) is 6.34 Å². The minimum atomic E-state index is -0.119. The normalized spacial score (nSPS) is 34.0. The van der Waals surface area contributed by atoms with Crippen molar-refractivity contribution in [1.82, 2.24) is 5.32 Å². The zero-order valence-corrected chi connectivity index (χ0v) is 7.02. The molecule has 0 aromatic rings. The van der Waals surface area contributed by atoms with E-state index in [1.807, 2.05) is 12.2 Å². The van der Waals surface area contributed by atoms with E-state index in [0.717, 1.165) is 17.2 Å². The summed E-state index contributed by atoms with van der Waals surface area (Å²) in [6.07, 6.45) is 6.44. The van der Waals surface area contributed by atoms with Crippen LogP contribution < -0.4 is 5.32 Å². The summed E-state index contributed by atoms with van der Waals surface area (Å²) in [6, 6.07) is 0. The molecule has 0 aromatic carbocycles. The number of rotatable bonds is 0. The van der Waals surface area contributed by atoms with Gasteiger partial charge in [-0.3, -0.25) is 4.99 Å². The number of allylic oxidation sites excluding steroid dienone is 2. The van der Waals surface area contributed by atoms with Crippen molar-refractivity contribution >= 4 is 17.9 Å². The van der Waals surface area contributed by atoms with Gasteiger partial charge in [-0.25, -0.2) is 0 Å². The zero-order chi connectivity index (χ0) is 7.90. The van der Waals surface area contributed by atoms with Gasteiger partial charge in [0.2, 0.25) is 0 Å². The number of aliphatic imine (C=N–C) groups is 1. The second-order valence-electron chi connectivity index (χ2n) is 3.05. The highest BCUT2D eigenvalue weighted by Gasteiger charge is 2.33. The first-order valence-corrected chi connectivity index (χ1v) is 3.96. The third-order valence-corrected chi connectivity index (χ3v) is 2.35. The van der Waals surface area contributed by atoms with Crippen LogP contribution >= 0.6 is 11.6 Å². The first kappa shape index (κ1) is 6.92. The molecule has 0 saturated heterocycles. The monoisotopic (exact) mass is 168 g/mol. The summed E-state index contributed by atoms with van der Waals surface area (Å²) < 4.78 is 0. The van der Waals surface area contributed by atoms with E-state index in [4.69, 9.17) is 11.6 Å². The Kier molecular flexibility index (Phi) is 1.33. The van der Waals surface area contributed by atoms with E-state index in [-0.39, 0.29) is 5.54 Å². The molecule has 0 fully saturated rings. The molecule has 1 aliphatic carbocycles. The van der Waals surface area contributed by atoms with Crippen LogP contribution in [0, 0.1) is 0 Å². The predicted molar refractivity (Wildman–Crippen MR) is 46.7 cm³/mol. The first-order chi connectivity index (χ1) is 5.21. The number of fused-ring (bicyclic) bond motifs is 1. The number of hydrogen-bond acceptors (Lipinski definition) is 2. The van der Waals surface area contributed by atoms with Gasteiger partial charge in [0.1, 0.15) is 5.54 Å². The van der Waals surface area contributed by atoms with Crippen molar-refractivity contribution in [3.63, 3.8) is 0 Å². The Morgan fingerprint density at radius 3 is 3.27 bits per heavy atom. The summed E-state index contributed by atoms with van der Waals surface area (Å²) >= 11 is 5.89. The fourth-order valence-corrected chi connectivity index (χ4v) is 1.72. The van der Waals surface area contributed by atoms with Crippen LogP contribution in [-0.2, 0) is 0 Å². The highest BCUT2D eigenvalue weighted by atomic mass is 35.5. The lowest BCUT2D eigenvalue weighted by Gasteiger charge is -2.24. The number of halogens is 1. The first-order valence-electron chi connectivity index (χ1n) is 3.58. The maximum atomic E-state index is 5.89. The topological polar surface area (TPSA) is 24.4 Å². The standard InChI is InChI=1S/C8H9ClN2/c1-8-4-6(9)2-3-7(8)10-5-11-8/h2-3,5H,4H2,1H3,(H,10,11). The summed E-state index contributed by atoms with van der Waals surface area (Å²) in [4.78, 5) is 4.31. The lowest BCUT2D eigenvalue weighted by atomic mass is 9.91. The van der Waals surface area contributed by atoms with Crippen LogP contribution in [0.5, 0.6) is 0 Å². The second-order valence-corrected chi connectivity index (χ2v) is 3.53. The molecule has 1 N–H and O–H groups in total. The average molecular weight is 169 g/mol. The third-order valence-electron chi connectivity index (χ3n) is 2.09. The Hall–Kier alpha value is -0.760. The van der Waals surface area contributed by atoms with Crippen molar-refractivity contribution in [2.75, 3.05) is 0 Å². The van der Waals surface area contributed by atoms with Crippen molar-refractivity contribution in [2.45, 2.75) is 18.9 Å². The van der Waals surface area contributed by atoms with E-state index in [0.29, 0.717) is 0 Å². The molecule has 1 heterocycles. The van der Waals surface area contributed by atoms with Gasteiger partial charge in [-0.15, -0.1) is 0 Å². The smallest absolute Gasteiger partial charge is 0.104 e. The Bertz CT molecular complexity index is 278. The van der Waals surface area contributed by atoms with Crippen LogP contribution in [0.25, 0.3) is 0 Å². The molecule has 0 amide bonds. The van der Waals surface area contributed by atoms with Gasteiger partial charge in [-0.05, 0) is 19.1 Å². The van der Waals surface area contributed by atoms with Gasteiger partial charge in [-0.1, -0.05) is 11.6 Å². The summed E-state index contributed by atoms with van der Waals surface area (Å²) in [5.41, 5.74) is 1.02. The molecule has 58 valence electrons. The van der Waals surface area contributed by atoms with E-state index in [1.165, 1.54) is 0 Å². The summed E-state index contributed by atoms with van der Waals surface area (Å²) in [6.45, 7) is 2.07. The molecule has 1 atom stereocenters. The van der Waals surface area contributed by atoms with Crippen molar-refractivity contribution in [3.05, 3.63) is 22.9 Å². The molecule has 0 aromatic heterocycles. The van der Waals surface area contributed by atoms with Crippen LogP contribution in [0.1, 0.15) is 13.3 Å². The van der Waals surface area contributed by atoms with Crippen LogP contribution in [0.4, 0.5) is 0 Å². The molecular weight excluding hydrogens is 160 g/mol. The Labute approximate surface area is 70.7 Å². The van der Waals surface area contributed by atoms with E-state index < -0.39 is 0 Å². The van der Waals surface area contributed by atoms with Gasteiger partial charge in [0.15, 0.2) is 0 Å². The molecular formula is C8H9ClN2. The SMILES string of the molecule is CC12CC(Cl)=CC=C1NC=N2. The molecule has 0 spiro atoms. The van der Waals surface area contributed by atoms with Gasteiger partial charge in [0, 0.05) is 17.2 Å². The number of nitrogens with zero attached hydrogens (tertiary/aromatic N) is 1. The molecule has 2 nitrogen and oxygen atoms in total. The minimum absolute atomic E-state index is 0.119. The predicted octanol–water partition coefficient (Wildman–Crippen LogP) is 1.79. The van der Waals surface area contributed by atoms with Crippen LogP contribution in [0.15, 0.2) is 27.9 Å². The maximum Gasteiger partial charge on any atom is 0.104 e. The van der Waals surface area contributed by atoms with Crippen molar-refractivity contribution < 1.29 is 0 Å². The van der Waals surface area contributed by atoms with Crippen LogP contribution in [-0.4, -0.2) is 11.9 Å². The van der Waals surface area contributed by atoms with E-state index in [9.17, 15) is 0 Å². The summed E-state index contributed by atoms with van der Waals surface area (Å²) in [7, 11) is 0. The van der Waals surface area contributed by atoms with Crippen LogP contribution in [0.3, 0.4) is 0 Å². The fraction of sp³-hybridized carbons (Fsp3) is 0.375. The van der Waals surface area contributed by atoms with Gasteiger partial charge in [0.25, 0.3) is 0 Å². The Morgan fingerprint density at radius 1 is 1.64 bits per heavy atom. The highest BCUT2D eigenvalue weighted by molar-refractivity contribution is 6.29. The summed E-state index contributed by atoms with van der Waals surface area (Å²) in [5.74, 6) is 0. The Balaban J connectivity index is 2.40. The van der Waals surface area contributed by atoms with Gasteiger partial charge >= 0.3 is 0 Å². The van der Waals surface area contributed by atoms with Crippen molar-refractivity contribution in [2.24, 2.45) is 4.99 Å². The molecule has 3 heteroatoms. The van der Waals surface area contributed by atoms with Crippen molar-refractivity contribution in [1.29, 1.82) is 0 Å². The largest absolute Gasteiger partial charge is 0.348 e. The molecule has 11 heavy (non-hydrogen) atoms. The van der Waals surface area contributed by atoms with Crippen LogP contribution in [0.2, 0.25) is 0 Å². The van der Waals surface area contributed by atoms with E-state index in [2.05, 4.69) is 17.2 Å². The van der Waals surface area contributed by atoms with Gasteiger partial charge < -0.3 is 5.32 Å². The van der Waals surface area contributed by atoms with E-state index >= 15 is 0 Å². The summed E-state index contributed by atoms with van der Waals surface area (Å²) in [5, 5.41) is 3.96. The fourth-order valence-electron chi connectivity index (χ4n) is 1.40. The maximum absolute atomic E-state index is 5.89. The lowest BCUT2D eigenvalue weighted by Crippen LogP contribution is -2.27. The quantitative estimate of drug-likeness (QED) is 0.586. The molecule has 0 saturated carbocycles. The molecule has 1 unspecified atom stereocenters. The number of nitrogens with one attached hydrogen (secondary N) is 1. The molecule has 0 radical (unpaired) electrons. The molecule has 1 aliphatic heterocycles. The zero-order valence-electron chi connectivity index (χ0n) is 6.26. The molecule has 0 bridgehead atoms. The van der Waals surface area contributed by atoms with Crippen molar-refractivity contribution in [3.8, 4) is 0 Å². The number of hydrogen-bond donors (Lipinski definition) is 1.